The first kappa shape index (κ1) is 21.5. The molecule has 0 amide bonds. The minimum absolute atomic E-state index is 0.143. The fourth-order valence-electron chi connectivity index (χ4n) is 5.35. The molecule has 5 nitrogen and oxygen atoms in total. The van der Waals surface area contributed by atoms with E-state index >= 15 is 0 Å². The molecule has 33 heavy (non-hydrogen) atoms. The van der Waals surface area contributed by atoms with E-state index < -0.39 is 5.69 Å². The van der Waals surface area contributed by atoms with Gasteiger partial charge in [-0.1, -0.05) is 54.6 Å². The van der Waals surface area contributed by atoms with Crippen LogP contribution in [-0.2, 0) is 6.42 Å². The van der Waals surface area contributed by atoms with Crippen LogP contribution in [0.4, 0.5) is 5.69 Å². The molecule has 0 spiro atoms. The standard InChI is InChI=1S/C28H31N3O2/c32-27-24(19-20-9-3-1-4-10-20)26(29-28(33)30-27)22-15-13-21(14-16-22)23-11-5-6-12-25(23)31-17-7-2-8-18-31/h1,3-6,9-13,22H,2,7-8,14-19H2,(H2,29,30,32,33). The molecule has 1 aromatic heterocycles. The highest BCUT2D eigenvalue weighted by atomic mass is 16.2. The van der Waals surface area contributed by atoms with Gasteiger partial charge in [0, 0.05) is 47.9 Å². The van der Waals surface area contributed by atoms with Gasteiger partial charge in [-0.15, -0.1) is 0 Å². The Morgan fingerprint density at radius 2 is 1.64 bits per heavy atom. The van der Waals surface area contributed by atoms with Crippen LogP contribution < -0.4 is 16.1 Å². The zero-order valence-electron chi connectivity index (χ0n) is 19.0. The third-order valence-corrected chi connectivity index (χ3v) is 7.06. The molecule has 2 N–H and O–H groups in total. The Balaban J connectivity index is 1.42. The van der Waals surface area contributed by atoms with Crippen LogP contribution in [0.2, 0.25) is 0 Å². The minimum Gasteiger partial charge on any atom is -0.371 e. The minimum atomic E-state index is -0.419. The zero-order chi connectivity index (χ0) is 22.6. The second kappa shape index (κ2) is 9.65. The van der Waals surface area contributed by atoms with Crippen molar-refractivity contribution in [2.24, 2.45) is 0 Å². The molecule has 1 saturated heterocycles. The molecule has 0 saturated carbocycles. The van der Waals surface area contributed by atoms with Gasteiger partial charge in [-0.25, -0.2) is 4.79 Å². The fraction of sp³-hybridized carbons (Fsp3) is 0.357. The predicted octanol–water partition coefficient (Wildman–Crippen LogP) is 5.00. The van der Waals surface area contributed by atoms with Gasteiger partial charge in [0.1, 0.15) is 0 Å². The Bertz CT molecular complexity index is 1250. The van der Waals surface area contributed by atoms with Crippen LogP contribution in [-0.4, -0.2) is 23.1 Å². The number of hydrogen-bond acceptors (Lipinski definition) is 3. The van der Waals surface area contributed by atoms with Crippen molar-refractivity contribution in [1.29, 1.82) is 0 Å². The number of aromatic nitrogens is 2. The van der Waals surface area contributed by atoms with E-state index in [0.29, 0.717) is 12.0 Å². The maximum atomic E-state index is 12.7. The molecule has 2 aliphatic rings. The van der Waals surface area contributed by atoms with E-state index in [2.05, 4.69) is 45.2 Å². The number of para-hydroxylation sites is 1. The number of hydrogen-bond donors (Lipinski definition) is 2. The normalized spacial score (nSPS) is 18.7. The number of nitrogens with one attached hydrogen (secondary N) is 2. The van der Waals surface area contributed by atoms with Crippen molar-refractivity contribution in [3.63, 3.8) is 0 Å². The van der Waals surface area contributed by atoms with Crippen LogP contribution in [0.1, 0.15) is 66.8 Å². The lowest BCUT2D eigenvalue weighted by molar-refractivity contribution is 0.576. The van der Waals surface area contributed by atoms with Crippen LogP contribution >= 0.6 is 0 Å². The van der Waals surface area contributed by atoms with Gasteiger partial charge in [0.2, 0.25) is 0 Å². The van der Waals surface area contributed by atoms with Crippen molar-refractivity contribution < 1.29 is 0 Å². The average molecular weight is 442 g/mol. The van der Waals surface area contributed by atoms with Crippen LogP contribution in [0, 0.1) is 0 Å². The van der Waals surface area contributed by atoms with Gasteiger partial charge in [0.05, 0.1) is 0 Å². The van der Waals surface area contributed by atoms with Crippen LogP contribution in [0.25, 0.3) is 5.57 Å². The van der Waals surface area contributed by atoms with E-state index in [1.165, 1.54) is 36.1 Å². The number of nitrogens with zero attached hydrogens (tertiary/aromatic N) is 1. The maximum absolute atomic E-state index is 12.7. The molecule has 0 bridgehead atoms. The van der Waals surface area contributed by atoms with Gasteiger partial charge in [0.15, 0.2) is 0 Å². The van der Waals surface area contributed by atoms with Crippen molar-refractivity contribution in [2.45, 2.75) is 50.9 Å². The number of aromatic amines is 2. The lowest BCUT2D eigenvalue weighted by Crippen LogP contribution is -2.30. The molecule has 5 heteroatoms. The lowest BCUT2D eigenvalue weighted by atomic mass is 9.82. The van der Waals surface area contributed by atoms with Crippen LogP contribution in [0.15, 0.2) is 70.3 Å². The Morgan fingerprint density at radius 1 is 0.879 bits per heavy atom. The highest BCUT2D eigenvalue weighted by Crippen LogP contribution is 2.39. The summed E-state index contributed by atoms with van der Waals surface area (Å²) in [6.45, 7) is 2.26. The summed E-state index contributed by atoms with van der Waals surface area (Å²) in [7, 11) is 0. The summed E-state index contributed by atoms with van der Waals surface area (Å²) in [5.41, 5.74) is 5.91. The summed E-state index contributed by atoms with van der Waals surface area (Å²) in [4.78, 5) is 32.8. The predicted molar refractivity (Wildman–Crippen MR) is 134 cm³/mol. The van der Waals surface area contributed by atoms with Gasteiger partial charge in [-0.2, -0.15) is 0 Å². The zero-order valence-corrected chi connectivity index (χ0v) is 19.0. The summed E-state index contributed by atoms with van der Waals surface area (Å²) in [6.07, 6.45) is 9.37. The van der Waals surface area contributed by atoms with Crippen molar-refractivity contribution >= 4 is 11.3 Å². The smallest absolute Gasteiger partial charge is 0.325 e. The average Bonchev–Trinajstić information content (AvgIpc) is 2.87. The van der Waals surface area contributed by atoms with E-state index in [-0.39, 0.29) is 11.5 Å². The van der Waals surface area contributed by atoms with E-state index in [0.717, 1.165) is 43.6 Å². The van der Waals surface area contributed by atoms with Gasteiger partial charge in [-0.3, -0.25) is 9.78 Å². The third kappa shape index (κ3) is 4.72. The van der Waals surface area contributed by atoms with E-state index in [9.17, 15) is 9.59 Å². The first-order chi connectivity index (χ1) is 16.2. The van der Waals surface area contributed by atoms with Gasteiger partial charge < -0.3 is 9.88 Å². The SMILES string of the molecule is O=c1[nH]c(C2CC=C(c3ccccc3N3CCCCC3)CC2)c(Cc2ccccc2)c(=O)[nH]1. The summed E-state index contributed by atoms with van der Waals surface area (Å²) >= 11 is 0. The molecule has 0 radical (unpaired) electrons. The Morgan fingerprint density at radius 3 is 2.39 bits per heavy atom. The molecule has 1 fully saturated rings. The highest BCUT2D eigenvalue weighted by molar-refractivity contribution is 5.77. The summed E-state index contributed by atoms with van der Waals surface area (Å²) in [6, 6.07) is 18.7. The van der Waals surface area contributed by atoms with E-state index in [1.54, 1.807) is 0 Å². The number of anilines is 1. The van der Waals surface area contributed by atoms with Crippen LogP contribution in [0.3, 0.4) is 0 Å². The number of benzene rings is 2. The topological polar surface area (TPSA) is 69.0 Å². The molecule has 2 aromatic carbocycles. The molecule has 5 rings (SSSR count). The molecule has 1 aliphatic carbocycles. The van der Waals surface area contributed by atoms with Crippen molar-refractivity contribution in [3.8, 4) is 0 Å². The molecule has 1 unspecified atom stereocenters. The fourth-order valence-corrected chi connectivity index (χ4v) is 5.35. The molecule has 170 valence electrons. The molecular weight excluding hydrogens is 410 g/mol. The molecular formula is C28H31N3O2. The molecule has 3 aromatic rings. The quantitative estimate of drug-likeness (QED) is 0.586. The lowest BCUT2D eigenvalue weighted by Gasteiger charge is -2.32. The second-order valence-electron chi connectivity index (χ2n) is 9.23. The number of rotatable bonds is 5. The van der Waals surface area contributed by atoms with Crippen molar-refractivity contribution in [3.05, 3.63) is 104 Å². The first-order valence-corrected chi connectivity index (χ1v) is 12.1. The van der Waals surface area contributed by atoms with Gasteiger partial charge in [0.25, 0.3) is 5.56 Å². The third-order valence-electron chi connectivity index (χ3n) is 7.06. The van der Waals surface area contributed by atoms with Gasteiger partial charge in [-0.05, 0) is 55.7 Å². The van der Waals surface area contributed by atoms with Crippen molar-refractivity contribution in [2.75, 3.05) is 18.0 Å². The highest BCUT2D eigenvalue weighted by Gasteiger charge is 2.24. The van der Waals surface area contributed by atoms with Crippen LogP contribution in [0.5, 0.6) is 0 Å². The maximum Gasteiger partial charge on any atom is 0.325 e. The largest absolute Gasteiger partial charge is 0.371 e. The Hall–Kier alpha value is -3.34. The Labute approximate surface area is 194 Å². The first-order valence-electron chi connectivity index (χ1n) is 12.1. The number of piperidine rings is 1. The summed E-state index contributed by atoms with van der Waals surface area (Å²) < 4.78 is 0. The number of H-pyrrole nitrogens is 2. The summed E-state index contributed by atoms with van der Waals surface area (Å²) in [5.74, 6) is 0.143. The monoisotopic (exact) mass is 441 g/mol. The Kier molecular flexibility index (Phi) is 6.29. The van der Waals surface area contributed by atoms with Crippen molar-refractivity contribution in [1.82, 2.24) is 9.97 Å². The summed E-state index contributed by atoms with van der Waals surface area (Å²) in [5, 5.41) is 0. The van der Waals surface area contributed by atoms with E-state index in [4.69, 9.17) is 0 Å². The molecule has 1 atom stereocenters. The number of allylic oxidation sites excluding steroid dienone is 2. The molecule has 1 aliphatic heterocycles. The molecule has 2 heterocycles. The second-order valence-corrected chi connectivity index (χ2v) is 9.23. The van der Waals surface area contributed by atoms with E-state index in [1.807, 2.05) is 30.3 Å². The van der Waals surface area contributed by atoms with Gasteiger partial charge >= 0.3 is 5.69 Å².